The van der Waals surface area contributed by atoms with Gasteiger partial charge in [0.2, 0.25) is 0 Å². The van der Waals surface area contributed by atoms with E-state index in [2.05, 4.69) is 10.1 Å². The quantitative estimate of drug-likeness (QED) is 0.467. The van der Waals surface area contributed by atoms with Crippen molar-refractivity contribution in [2.24, 2.45) is 5.92 Å². The number of hydrogen-bond acceptors (Lipinski definition) is 3. The number of carbonyl (C=O) groups is 2. The second-order valence-electron chi connectivity index (χ2n) is 8.24. The first-order valence-electron chi connectivity index (χ1n) is 10.4. The summed E-state index contributed by atoms with van der Waals surface area (Å²) in [4.78, 5) is 25.8. The van der Waals surface area contributed by atoms with Gasteiger partial charge in [0.25, 0.3) is 0 Å². The normalized spacial score (nSPS) is 17.6. The highest BCUT2D eigenvalue weighted by Gasteiger charge is 2.39. The van der Waals surface area contributed by atoms with E-state index in [0.29, 0.717) is 30.7 Å². The maximum Gasteiger partial charge on any atom is 0.387 e. The molecular weight excluding hydrogens is 444 g/mol. The lowest BCUT2D eigenvalue weighted by Gasteiger charge is -2.43. The summed E-state index contributed by atoms with van der Waals surface area (Å²) in [7, 11) is 0. The average molecular weight is 468 g/mol. The molecule has 6 nitrogen and oxygen atoms in total. The fourth-order valence-electron chi connectivity index (χ4n) is 3.99. The van der Waals surface area contributed by atoms with E-state index in [1.54, 1.807) is 12.1 Å². The first kappa shape index (κ1) is 24.3. The number of nitrogens with zero attached hydrogens (tertiary/aromatic N) is 1. The third kappa shape index (κ3) is 5.74. The molecule has 2 N–H and O–H groups in total. The van der Waals surface area contributed by atoms with E-state index in [0.717, 1.165) is 5.56 Å². The summed E-state index contributed by atoms with van der Waals surface area (Å²) < 4.78 is 57.2. The Bertz CT molecular complexity index is 1030. The highest BCUT2D eigenvalue weighted by molar-refractivity contribution is 6.03. The van der Waals surface area contributed by atoms with Crippen molar-refractivity contribution in [1.29, 1.82) is 0 Å². The number of carbonyl (C=O) groups excluding carboxylic acids is 1. The fourth-order valence-corrected chi connectivity index (χ4v) is 3.99. The lowest BCUT2D eigenvalue weighted by molar-refractivity contribution is -0.138. The minimum atomic E-state index is -3.31. The monoisotopic (exact) mass is 468 g/mol. The molecule has 0 spiro atoms. The van der Waals surface area contributed by atoms with Gasteiger partial charge in [-0.15, -0.1) is 0 Å². The number of ether oxygens (including phenoxy) is 1. The van der Waals surface area contributed by atoms with Crippen LogP contribution in [0.25, 0.3) is 0 Å². The maximum absolute atomic E-state index is 13.8. The van der Waals surface area contributed by atoms with E-state index in [-0.39, 0.29) is 24.3 Å². The van der Waals surface area contributed by atoms with E-state index < -0.39 is 41.7 Å². The zero-order valence-electron chi connectivity index (χ0n) is 18.0. The smallest absolute Gasteiger partial charge is 0.387 e. The second-order valence-corrected chi connectivity index (χ2v) is 8.24. The van der Waals surface area contributed by atoms with Crippen molar-refractivity contribution in [3.05, 3.63) is 53.6 Å². The van der Waals surface area contributed by atoms with E-state index in [1.807, 2.05) is 26.0 Å². The molecule has 0 radical (unpaired) electrons. The standard InChI is InChI=1S/C23H24F4N2O4/c1-12(2)15-5-3-4-6-19(15)29(14-7-13(8-14)9-21(30)31)23(32)28-18-10-16(24)17(25)11-20(18)33-22(26)27/h3-6,10-14,22H,7-9H2,1-2H3,(H,28,32)(H,30,31). The molecule has 1 fully saturated rings. The average Bonchev–Trinajstić information content (AvgIpc) is 2.69. The zero-order chi connectivity index (χ0) is 24.3. The van der Waals surface area contributed by atoms with Gasteiger partial charge >= 0.3 is 18.6 Å². The molecule has 10 heteroatoms. The van der Waals surface area contributed by atoms with Crippen molar-refractivity contribution in [2.75, 3.05) is 10.2 Å². The van der Waals surface area contributed by atoms with Crippen LogP contribution in [0.3, 0.4) is 0 Å². The van der Waals surface area contributed by atoms with Crippen molar-refractivity contribution in [1.82, 2.24) is 0 Å². The van der Waals surface area contributed by atoms with Gasteiger partial charge in [0.05, 0.1) is 5.69 Å². The summed E-state index contributed by atoms with van der Waals surface area (Å²) in [6, 6.07) is 7.01. The first-order chi connectivity index (χ1) is 15.6. The number of rotatable bonds is 8. The SMILES string of the molecule is CC(C)c1ccccc1N(C(=O)Nc1cc(F)c(F)cc1OC(F)F)C1CC(CC(=O)O)C1. The van der Waals surface area contributed by atoms with Crippen molar-refractivity contribution in [3.63, 3.8) is 0 Å². The number of nitrogens with one attached hydrogen (secondary N) is 1. The number of carboxylic acids is 1. The number of halogens is 4. The second kappa shape index (κ2) is 10.1. The van der Waals surface area contributed by atoms with E-state index in [9.17, 15) is 27.2 Å². The third-order valence-electron chi connectivity index (χ3n) is 5.56. The summed E-state index contributed by atoms with van der Waals surface area (Å²) >= 11 is 0. The van der Waals surface area contributed by atoms with Crippen LogP contribution in [0.5, 0.6) is 5.75 Å². The van der Waals surface area contributed by atoms with Crippen molar-refractivity contribution >= 4 is 23.4 Å². The van der Waals surface area contributed by atoms with Crippen LogP contribution in [0.2, 0.25) is 0 Å². The molecule has 1 saturated carbocycles. The summed E-state index contributed by atoms with van der Waals surface area (Å²) in [5, 5.41) is 11.4. The zero-order valence-corrected chi connectivity index (χ0v) is 18.0. The van der Waals surface area contributed by atoms with E-state index in [1.165, 1.54) is 4.90 Å². The van der Waals surface area contributed by atoms with Gasteiger partial charge in [-0.25, -0.2) is 13.6 Å². The molecule has 33 heavy (non-hydrogen) atoms. The van der Waals surface area contributed by atoms with Crippen LogP contribution in [0.1, 0.15) is 44.6 Å². The molecule has 0 unspecified atom stereocenters. The van der Waals surface area contributed by atoms with Crippen LogP contribution in [0.15, 0.2) is 36.4 Å². The van der Waals surface area contributed by atoms with Crippen molar-refractivity contribution in [2.45, 2.75) is 51.7 Å². The molecule has 0 atom stereocenters. The topological polar surface area (TPSA) is 78.9 Å². The molecule has 1 aliphatic rings. The van der Waals surface area contributed by atoms with Crippen LogP contribution in [-0.2, 0) is 4.79 Å². The molecule has 0 aromatic heterocycles. The van der Waals surface area contributed by atoms with Crippen LogP contribution in [0, 0.1) is 17.6 Å². The van der Waals surface area contributed by atoms with Gasteiger partial charge in [-0.1, -0.05) is 32.0 Å². The minimum absolute atomic E-state index is 0.0344. The lowest BCUT2D eigenvalue weighted by atomic mass is 9.77. The Morgan fingerprint density at radius 2 is 1.79 bits per heavy atom. The van der Waals surface area contributed by atoms with Crippen molar-refractivity contribution < 1.29 is 37.0 Å². The van der Waals surface area contributed by atoms with Crippen LogP contribution in [0.4, 0.5) is 33.7 Å². The molecule has 3 rings (SSSR count). The first-order valence-corrected chi connectivity index (χ1v) is 10.4. The molecule has 0 saturated heterocycles. The van der Waals surface area contributed by atoms with Crippen LogP contribution >= 0.6 is 0 Å². The van der Waals surface area contributed by atoms with Gasteiger partial charge < -0.3 is 15.2 Å². The Morgan fingerprint density at radius 1 is 1.15 bits per heavy atom. The number of para-hydroxylation sites is 1. The molecule has 178 valence electrons. The molecule has 0 bridgehead atoms. The number of hydrogen-bond donors (Lipinski definition) is 2. The number of anilines is 2. The minimum Gasteiger partial charge on any atom is -0.481 e. The van der Waals surface area contributed by atoms with Crippen molar-refractivity contribution in [3.8, 4) is 5.75 Å². The van der Waals surface area contributed by atoms with Gasteiger partial charge in [0.15, 0.2) is 17.4 Å². The number of carboxylic acid groups (broad SMARTS) is 1. The van der Waals surface area contributed by atoms with Gasteiger partial charge in [-0.3, -0.25) is 9.69 Å². The summed E-state index contributed by atoms with van der Waals surface area (Å²) in [5.41, 5.74) is 0.944. The molecular formula is C23H24F4N2O4. The number of alkyl halides is 2. The van der Waals surface area contributed by atoms with Crippen LogP contribution < -0.4 is 15.0 Å². The molecule has 2 amide bonds. The Morgan fingerprint density at radius 3 is 2.39 bits per heavy atom. The molecule has 1 aliphatic carbocycles. The molecule has 0 aliphatic heterocycles. The molecule has 2 aromatic rings. The highest BCUT2D eigenvalue weighted by atomic mass is 19.3. The van der Waals surface area contributed by atoms with Gasteiger partial charge in [-0.05, 0) is 36.3 Å². The Balaban J connectivity index is 1.95. The Hall–Kier alpha value is -3.30. The lowest BCUT2D eigenvalue weighted by Crippen LogP contribution is -2.50. The highest BCUT2D eigenvalue weighted by Crippen LogP contribution is 2.40. The van der Waals surface area contributed by atoms with Crippen LogP contribution in [-0.4, -0.2) is 29.8 Å². The predicted molar refractivity (Wildman–Crippen MR) is 114 cm³/mol. The number of benzene rings is 2. The number of amides is 2. The third-order valence-corrected chi connectivity index (χ3v) is 5.56. The number of urea groups is 1. The Labute approximate surface area is 188 Å². The van der Waals surface area contributed by atoms with Gasteiger partial charge in [0.1, 0.15) is 0 Å². The summed E-state index contributed by atoms with van der Waals surface area (Å²) in [6.45, 7) is 0.561. The van der Waals surface area contributed by atoms with Gasteiger partial charge in [-0.2, -0.15) is 8.78 Å². The molecule has 0 heterocycles. The fraction of sp³-hybridized carbons (Fsp3) is 0.391. The maximum atomic E-state index is 13.8. The Kier molecular flexibility index (Phi) is 7.45. The van der Waals surface area contributed by atoms with E-state index in [4.69, 9.17) is 5.11 Å². The van der Waals surface area contributed by atoms with E-state index >= 15 is 0 Å². The largest absolute Gasteiger partial charge is 0.481 e. The summed E-state index contributed by atoms with van der Waals surface area (Å²) in [5.74, 6) is -4.48. The van der Waals surface area contributed by atoms with Gasteiger partial charge in [0, 0.05) is 30.3 Å². The predicted octanol–water partition coefficient (Wildman–Crippen LogP) is 5.98. The number of aliphatic carboxylic acids is 1. The molecule has 2 aromatic carbocycles. The summed E-state index contributed by atoms with van der Waals surface area (Å²) in [6.07, 6.45) is 0.808.